The zero-order valence-corrected chi connectivity index (χ0v) is 51.5. The number of nitrogens with zero attached hydrogens (tertiary/aromatic N) is 8. The molecule has 0 amide bonds. The monoisotopic (exact) mass is 1250 g/mol. The predicted molar refractivity (Wildman–Crippen MR) is 382 cm³/mol. The van der Waals surface area contributed by atoms with Crippen molar-refractivity contribution in [2.24, 2.45) is 20.0 Å². The van der Waals surface area contributed by atoms with E-state index in [1.807, 2.05) is 97.6 Å². The van der Waals surface area contributed by atoms with Crippen LogP contribution in [0.2, 0.25) is 0 Å². The first-order valence-electron chi connectivity index (χ1n) is 31.5. The predicted octanol–water partition coefficient (Wildman–Crippen LogP) is 17.7. The molecule has 0 N–H and O–H groups in total. The van der Waals surface area contributed by atoms with Gasteiger partial charge in [-0.25, -0.2) is 0 Å². The van der Waals surface area contributed by atoms with Crippen LogP contribution in [0.5, 0.6) is 28.7 Å². The molecule has 16 rings (SSSR count). The van der Waals surface area contributed by atoms with Gasteiger partial charge in [0, 0.05) is 103 Å². The molecule has 474 valence electrons. The van der Waals surface area contributed by atoms with Gasteiger partial charge in [0.2, 0.25) is 6.79 Å². The number of hydrogen-bond donors (Lipinski definition) is 0. The maximum Gasteiger partial charge on any atom is 0.231 e. The van der Waals surface area contributed by atoms with Crippen molar-refractivity contribution in [2.75, 3.05) is 53.3 Å². The summed E-state index contributed by atoms with van der Waals surface area (Å²) in [5.41, 5.74) is 17.9. The van der Waals surface area contributed by atoms with Crippen LogP contribution in [0.1, 0.15) is 111 Å². The minimum absolute atomic E-state index is 0. The van der Waals surface area contributed by atoms with E-state index in [0.717, 1.165) is 179 Å². The van der Waals surface area contributed by atoms with Crippen LogP contribution in [0.4, 0.5) is 0 Å². The van der Waals surface area contributed by atoms with Gasteiger partial charge in [-0.2, -0.15) is 0 Å². The van der Waals surface area contributed by atoms with Crippen LogP contribution >= 0.6 is 0 Å². The molecule has 0 radical (unpaired) electrons. The van der Waals surface area contributed by atoms with Gasteiger partial charge in [-0.15, -0.1) is 0 Å². The molecule has 10 aromatic rings. The van der Waals surface area contributed by atoms with E-state index in [1.165, 1.54) is 38.6 Å². The number of pyridine rings is 4. The summed E-state index contributed by atoms with van der Waals surface area (Å²) in [4.78, 5) is 35.7. The van der Waals surface area contributed by atoms with Gasteiger partial charge in [0.25, 0.3) is 0 Å². The molecule has 14 nitrogen and oxygen atoms in total. The Morgan fingerprint density at radius 2 is 0.787 bits per heavy atom. The van der Waals surface area contributed by atoms with Gasteiger partial charge in [-0.05, 0) is 229 Å². The molecule has 0 saturated carbocycles. The van der Waals surface area contributed by atoms with E-state index < -0.39 is 0 Å². The summed E-state index contributed by atoms with van der Waals surface area (Å²) >= 11 is 0. The van der Waals surface area contributed by atoms with Crippen LogP contribution in [0.3, 0.4) is 0 Å². The van der Waals surface area contributed by atoms with Crippen LogP contribution in [-0.4, -0.2) is 96.1 Å². The number of aromatic nitrogens is 4. The van der Waals surface area contributed by atoms with Gasteiger partial charge < -0.3 is 28.1 Å². The number of rotatable bonds is 9. The van der Waals surface area contributed by atoms with Crippen LogP contribution in [0.15, 0.2) is 248 Å². The lowest BCUT2D eigenvalue weighted by Gasteiger charge is -2.19. The van der Waals surface area contributed by atoms with Gasteiger partial charge in [0.15, 0.2) is 23.0 Å². The fourth-order valence-electron chi connectivity index (χ4n) is 11.9. The van der Waals surface area contributed by atoms with Crippen LogP contribution < -0.4 is 23.7 Å². The molecule has 0 bridgehead atoms. The van der Waals surface area contributed by atoms with Gasteiger partial charge in [-0.3, -0.25) is 39.9 Å². The molecule has 5 aromatic carbocycles. The fraction of sp³-hybridized carbons (Fsp3) is 0.225. The Labute approximate surface area is 550 Å². The molecule has 5 aromatic heterocycles. The molecular formula is C80H78N8O6. The zero-order valence-electron chi connectivity index (χ0n) is 51.5. The lowest BCUT2D eigenvalue weighted by atomic mass is 9.94. The average molecular weight is 1250 g/mol. The third kappa shape index (κ3) is 16.2. The summed E-state index contributed by atoms with van der Waals surface area (Å²) in [5, 5.41) is 3.53. The largest absolute Gasteiger partial charge is 0.497 e. The van der Waals surface area contributed by atoms with E-state index in [-0.39, 0.29) is 14.9 Å². The number of aliphatic imine (C=N–C) groups is 4. The SMILES string of the molecule is C.C.C(=C1/CCCN=C1c1cccnc1)/c1cc2ccccc2o1.C(=C1/CCCN=C1c1cccnc1)/c1ccc2c(c1)OCCO2.C(=C1/CCCN=C1c1cccnc1)/c1ccc2c(c1)OCO2.COc1ccc2cc(/C=C3\CCCN=C3c3cccnc3)ccc2c1. The van der Waals surface area contributed by atoms with E-state index in [4.69, 9.17) is 48.1 Å². The Kier molecular flexibility index (Phi) is 22.0. The van der Waals surface area contributed by atoms with E-state index in [0.29, 0.717) is 20.0 Å². The maximum absolute atomic E-state index is 5.91. The Balaban J connectivity index is 0.000000127. The van der Waals surface area contributed by atoms with Crippen molar-refractivity contribution in [2.45, 2.75) is 66.2 Å². The summed E-state index contributed by atoms with van der Waals surface area (Å²) in [7, 11) is 1.70. The van der Waals surface area contributed by atoms with Crippen molar-refractivity contribution in [3.8, 4) is 28.7 Å². The molecule has 94 heavy (non-hydrogen) atoms. The number of furan rings is 1. The number of allylic oxidation sites excluding steroid dienone is 4. The number of methoxy groups -OCH3 is 1. The zero-order chi connectivity index (χ0) is 62.1. The van der Waals surface area contributed by atoms with Crippen molar-refractivity contribution >= 4 is 68.9 Å². The molecule has 0 fully saturated rings. The number of fused-ring (bicyclic) bond motifs is 4. The number of para-hydroxylation sites is 1. The molecule has 11 heterocycles. The highest BCUT2D eigenvalue weighted by Crippen LogP contribution is 2.36. The third-order valence-corrected chi connectivity index (χ3v) is 16.3. The molecule has 0 unspecified atom stereocenters. The molecule has 6 aliphatic rings. The van der Waals surface area contributed by atoms with Crippen molar-refractivity contribution in [3.05, 3.63) is 268 Å². The highest BCUT2D eigenvalue weighted by molar-refractivity contribution is 6.17. The van der Waals surface area contributed by atoms with Crippen molar-refractivity contribution in [1.82, 2.24) is 19.9 Å². The van der Waals surface area contributed by atoms with Crippen LogP contribution in [0.25, 0.3) is 46.0 Å². The van der Waals surface area contributed by atoms with Crippen LogP contribution in [-0.2, 0) is 0 Å². The summed E-state index contributed by atoms with van der Waals surface area (Å²) < 4.78 is 33.3. The minimum Gasteiger partial charge on any atom is -0.497 e. The van der Waals surface area contributed by atoms with Crippen molar-refractivity contribution < 1.29 is 28.1 Å². The second kappa shape index (κ2) is 31.9. The van der Waals surface area contributed by atoms with Crippen molar-refractivity contribution in [1.29, 1.82) is 0 Å². The summed E-state index contributed by atoms with van der Waals surface area (Å²) in [5.74, 6) is 5.04. The second-order valence-electron chi connectivity index (χ2n) is 22.7. The molecule has 14 heteroatoms. The highest BCUT2D eigenvalue weighted by Gasteiger charge is 2.20. The first-order chi connectivity index (χ1) is 45.5. The molecule has 0 saturated heterocycles. The maximum atomic E-state index is 5.91. The first kappa shape index (κ1) is 64.7. The lowest BCUT2D eigenvalue weighted by Crippen LogP contribution is -2.15. The van der Waals surface area contributed by atoms with Crippen molar-refractivity contribution in [3.63, 3.8) is 0 Å². The third-order valence-electron chi connectivity index (χ3n) is 16.3. The molecule has 0 atom stereocenters. The minimum atomic E-state index is 0. The topological polar surface area (TPSA) is 160 Å². The van der Waals surface area contributed by atoms with Gasteiger partial charge >= 0.3 is 0 Å². The number of ether oxygens (including phenoxy) is 5. The van der Waals surface area contributed by atoms with E-state index in [9.17, 15) is 0 Å². The number of benzene rings is 5. The standard InChI is InChI=1S/C22H20N2O.C19H18N2O2.C19H16N2O.C18H16N2O2.2CH4/c1-25-21-9-8-17-12-16(6-7-18(17)14-21)13-19-4-3-11-24-22(19)20-5-2-10-23-15-20;1-4-16(13-20-7-1)19-15(3-2-8-21-19)11-14-5-6-17-18(12-14)23-10-9-22-17;1-2-8-18-14(5-1)11-17(22-18)12-15-6-4-10-21-19(15)16-7-3-9-20-13-16;1-4-15(11-19-7-1)18-14(3-2-8-20-18)9-13-5-6-16-17(10-13)22-12-21-16;;/h2,5-10,12-15H,3-4,11H2,1H3;1,4-7,11-13H,2-3,8-10H2;1-3,5,7-9,11-13H,4,6,10H2;1,4-7,9-11H,2-3,8,12H2;2*1H4/b19-13+;15-11+;15-12+;14-9+;;. The van der Waals surface area contributed by atoms with E-state index >= 15 is 0 Å². The first-order valence-corrected chi connectivity index (χ1v) is 31.5. The van der Waals surface area contributed by atoms with E-state index in [1.54, 1.807) is 31.9 Å². The smallest absolute Gasteiger partial charge is 0.231 e. The second-order valence-corrected chi connectivity index (χ2v) is 22.7. The fourth-order valence-corrected chi connectivity index (χ4v) is 11.9. The van der Waals surface area contributed by atoms with Crippen LogP contribution in [0, 0.1) is 0 Å². The Hall–Kier alpha value is -10.9. The summed E-state index contributed by atoms with van der Waals surface area (Å²) in [6, 6.07) is 51.0. The molecule has 0 spiro atoms. The normalized spacial score (nSPS) is 17.1. The Bertz CT molecular complexity index is 4440. The summed E-state index contributed by atoms with van der Waals surface area (Å²) in [6.07, 6.45) is 31.9. The van der Waals surface area contributed by atoms with Gasteiger partial charge in [0.1, 0.15) is 30.3 Å². The molecule has 6 aliphatic heterocycles. The summed E-state index contributed by atoms with van der Waals surface area (Å²) in [6.45, 7) is 5.05. The Morgan fingerprint density at radius 3 is 1.27 bits per heavy atom. The van der Waals surface area contributed by atoms with Gasteiger partial charge in [-0.1, -0.05) is 63.4 Å². The average Bonchev–Trinajstić information content (AvgIpc) is 2.24. The molecular weight excluding hydrogens is 1170 g/mol. The molecule has 0 aliphatic carbocycles. The van der Waals surface area contributed by atoms with Gasteiger partial charge in [0.05, 0.1) is 30.0 Å². The highest BCUT2D eigenvalue weighted by atomic mass is 16.7. The lowest BCUT2D eigenvalue weighted by molar-refractivity contribution is 0.171. The number of hydrogen-bond acceptors (Lipinski definition) is 14. The van der Waals surface area contributed by atoms with E-state index in [2.05, 4.69) is 123 Å². The Morgan fingerprint density at radius 1 is 0.372 bits per heavy atom. The quantitative estimate of drug-likeness (QED) is 0.136.